The fourth-order valence-electron chi connectivity index (χ4n) is 3.16. The van der Waals surface area contributed by atoms with Crippen LogP contribution >= 0.6 is 0 Å². The highest BCUT2D eigenvalue weighted by molar-refractivity contribution is 5.61. The Kier molecular flexibility index (Phi) is 3.88. The maximum Gasteiger partial charge on any atom is 0.208 e. The average molecular weight is 270 g/mol. The van der Waals surface area contributed by atoms with Crippen LogP contribution < -0.4 is 5.73 Å². The van der Waals surface area contributed by atoms with Crippen molar-refractivity contribution < 1.29 is 4.42 Å². The fraction of sp³-hybridized carbons (Fsp3) is 0.471. The molecule has 1 aromatic heterocycles. The van der Waals surface area contributed by atoms with E-state index in [0.29, 0.717) is 12.4 Å². The minimum Gasteiger partial charge on any atom is -0.444 e. The largest absolute Gasteiger partial charge is 0.444 e. The van der Waals surface area contributed by atoms with E-state index in [0.717, 1.165) is 22.9 Å². The number of oxazole rings is 1. The zero-order valence-corrected chi connectivity index (χ0v) is 12.1. The molecule has 20 heavy (non-hydrogen) atoms. The van der Waals surface area contributed by atoms with Crippen LogP contribution in [0.1, 0.15) is 55.2 Å². The predicted molar refractivity (Wildman–Crippen MR) is 80.4 cm³/mol. The summed E-state index contributed by atoms with van der Waals surface area (Å²) >= 11 is 0. The van der Waals surface area contributed by atoms with Gasteiger partial charge >= 0.3 is 0 Å². The van der Waals surface area contributed by atoms with Crippen molar-refractivity contribution in [3.8, 4) is 11.3 Å². The minimum absolute atomic E-state index is 0.348. The summed E-state index contributed by atoms with van der Waals surface area (Å²) in [5, 5.41) is 0. The molecule has 1 aliphatic rings. The number of nitrogens with zero attached hydrogens (tertiary/aromatic N) is 1. The summed E-state index contributed by atoms with van der Waals surface area (Å²) in [4.78, 5) is 4.45. The number of hydrogen-bond acceptors (Lipinski definition) is 3. The van der Waals surface area contributed by atoms with Crippen molar-refractivity contribution in [2.24, 2.45) is 5.73 Å². The first-order valence-electron chi connectivity index (χ1n) is 7.54. The van der Waals surface area contributed by atoms with E-state index in [4.69, 9.17) is 10.2 Å². The van der Waals surface area contributed by atoms with Crippen molar-refractivity contribution in [1.82, 2.24) is 4.98 Å². The number of nitrogens with two attached hydrogens (primary N) is 1. The molecule has 0 radical (unpaired) electrons. The zero-order valence-electron chi connectivity index (χ0n) is 12.1. The molecule has 1 aliphatic carbocycles. The molecule has 0 spiro atoms. The van der Waals surface area contributed by atoms with Crippen molar-refractivity contribution in [3.05, 3.63) is 41.5 Å². The predicted octanol–water partition coefficient (Wildman–Crippen LogP) is 4.16. The van der Waals surface area contributed by atoms with Gasteiger partial charge in [0.25, 0.3) is 0 Å². The lowest BCUT2D eigenvalue weighted by molar-refractivity contribution is 0.443. The second-order valence-corrected chi connectivity index (χ2v) is 5.67. The van der Waals surface area contributed by atoms with Crippen molar-refractivity contribution in [2.45, 2.75) is 51.5 Å². The first-order valence-corrected chi connectivity index (χ1v) is 7.54. The SMILES string of the molecule is Cc1oc(CN)nc1-c1ccc(C2CCCCC2)cc1. The molecule has 1 aromatic carbocycles. The first kappa shape index (κ1) is 13.4. The molecule has 1 saturated carbocycles. The molecular weight excluding hydrogens is 248 g/mol. The van der Waals surface area contributed by atoms with E-state index in [1.165, 1.54) is 37.7 Å². The fourth-order valence-corrected chi connectivity index (χ4v) is 3.16. The minimum atomic E-state index is 0.348. The summed E-state index contributed by atoms with van der Waals surface area (Å²) in [5.41, 5.74) is 9.08. The highest BCUT2D eigenvalue weighted by atomic mass is 16.4. The van der Waals surface area contributed by atoms with Crippen LogP contribution in [0.3, 0.4) is 0 Å². The standard InChI is InChI=1S/C17H22N2O/c1-12-17(19-16(11-18)20-12)15-9-7-14(8-10-15)13-5-3-2-4-6-13/h7-10,13H,2-6,11,18H2,1H3. The molecule has 1 fully saturated rings. The Morgan fingerprint density at radius 2 is 1.85 bits per heavy atom. The number of rotatable bonds is 3. The molecule has 0 unspecified atom stereocenters. The Bertz CT molecular complexity index is 565. The monoisotopic (exact) mass is 270 g/mol. The van der Waals surface area contributed by atoms with E-state index in [1.54, 1.807) is 0 Å². The van der Waals surface area contributed by atoms with Gasteiger partial charge in [-0.05, 0) is 31.2 Å². The average Bonchev–Trinajstić information content (AvgIpc) is 2.89. The van der Waals surface area contributed by atoms with Crippen LogP contribution in [0.25, 0.3) is 11.3 Å². The summed E-state index contributed by atoms with van der Waals surface area (Å²) in [6.45, 7) is 2.29. The molecule has 0 saturated heterocycles. The molecule has 106 valence electrons. The van der Waals surface area contributed by atoms with Gasteiger partial charge in [0.05, 0.1) is 6.54 Å². The third-order valence-corrected chi connectivity index (χ3v) is 4.28. The van der Waals surface area contributed by atoms with E-state index < -0.39 is 0 Å². The Labute approximate surface area is 120 Å². The second kappa shape index (κ2) is 5.80. The normalized spacial score (nSPS) is 16.5. The number of aromatic nitrogens is 1. The van der Waals surface area contributed by atoms with Gasteiger partial charge in [0.15, 0.2) is 0 Å². The second-order valence-electron chi connectivity index (χ2n) is 5.67. The highest BCUT2D eigenvalue weighted by Gasteiger charge is 2.16. The molecule has 3 nitrogen and oxygen atoms in total. The van der Waals surface area contributed by atoms with Crippen molar-refractivity contribution in [1.29, 1.82) is 0 Å². The van der Waals surface area contributed by atoms with Crippen molar-refractivity contribution >= 4 is 0 Å². The van der Waals surface area contributed by atoms with Crippen LogP contribution in [0.2, 0.25) is 0 Å². The quantitative estimate of drug-likeness (QED) is 0.911. The summed E-state index contributed by atoms with van der Waals surface area (Å²) < 4.78 is 5.53. The van der Waals surface area contributed by atoms with Gasteiger partial charge in [-0.1, -0.05) is 43.5 Å². The van der Waals surface area contributed by atoms with Crippen LogP contribution in [0.4, 0.5) is 0 Å². The van der Waals surface area contributed by atoms with E-state index in [-0.39, 0.29) is 0 Å². The van der Waals surface area contributed by atoms with Crippen LogP contribution in [-0.4, -0.2) is 4.98 Å². The van der Waals surface area contributed by atoms with Crippen molar-refractivity contribution in [3.63, 3.8) is 0 Å². The molecule has 3 heteroatoms. The van der Waals surface area contributed by atoms with Crippen LogP contribution in [0.15, 0.2) is 28.7 Å². The third-order valence-electron chi connectivity index (χ3n) is 4.28. The molecule has 0 atom stereocenters. The Balaban J connectivity index is 1.83. The topological polar surface area (TPSA) is 52.0 Å². The van der Waals surface area contributed by atoms with Crippen LogP contribution in [0, 0.1) is 6.92 Å². The Hall–Kier alpha value is -1.61. The molecule has 3 rings (SSSR count). The molecule has 2 N–H and O–H groups in total. The van der Waals surface area contributed by atoms with Gasteiger partial charge in [0.2, 0.25) is 5.89 Å². The van der Waals surface area contributed by atoms with E-state index in [1.807, 2.05) is 6.92 Å². The smallest absolute Gasteiger partial charge is 0.208 e. The van der Waals surface area contributed by atoms with Gasteiger partial charge in [0.1, 0.15) is 11.5 Å². The van der Waals surface area contributed by atoms with Gasteiger partial charge in [-0.25, -0.2) is 4.98 Å². The maximum absolute atomic E-state index is 5.58. The third kappa shape index (κ3) is 2.63. The summed E-state index contributed by atoms with van der Waals surface area (Å²) in [6, 6.07) is 8.83. The van der Waals surface area contributed by atoms with Gasteiger partial charge in [-0.3, -0.25) is 0 Å². The summed E-state index contributed by atoms with van der Waals surface area (Å²) in [5.74, 6) is 2.19. The first-order chi connectivity index (χ1) is 9.78. The lowest BCUT2D eigenvalue weighted by Crippen LogP contribution is -2.04. The summed E-state index contributed by atoms with van der Waals surface area (Å²) in [6.07, 6.45) is 6.80. The van der Waals surface area contributed by atoms with Crippen molar-refractivity contribution in [2.75, 3.05) is 0 Å². The van der Waals surface area contributed by atoms with Crippen LogP contribution in [-0.2, 0) is 6.54 Å². The Morgan fingerprint density at radius 1 is 1.15 bits per heavy atom. The van der Waals surface area contributed by atoms with E-state index in [2.05, 4.69) is 29.2 Å². The lowest BCUT2D eigenvalue weighted by Gasteiger charge is -2.22. The number of hydrogen-bond donors (Lipinski definition) is 1. The molecule has 0 amide bonds. The lowest BCUT2D eigenvalue weighted by atomic mass is 9.84. The molecule has 0 bridgehead atoms. The molecule has 2 aromatic rings. The molecule has 1 heterocycles. The highest BCUT2D eigenvalue weighted by Crippen LogP contribution is 2.33. The Morgan fingerprint density at radius 3 is 2.45 bits per heavy atom. The van der Waals surface area contributed by atoms with Gasteiger partial charge in [-0.2, -0.15) is 0 Å². The van der Waals surface area contributed by atoms with E-state index >= 15 is 0 Å². The molecule has 0 aliphatic heterocycles. The van der Waals surface area contributed by atoms with Gasteiger partial charge in [0, 0.05) is 5.56 Å². The van der Waals surface area contributed by atoms with Gasteiger partial charge in [-0.15, -0.1) is 0 Å². The maximum atomic E-state index is 5.58. The number of aryl methyl sites for hydroxylation is 1. The zero-order chi connectivity index (χ0) is 13.9. The van der Waals surface area contributed by atoms with Gasteiger partial charge < -0.3 is 10.2 Å². The number of benzene rings is 1. The summed E-state index contributed by atoms with van der Waals surface area (Å²) in [7, 11) is 0. The van der Waals surface area contributed by atoms with Crippen LogP contribution in [0.5, 0.6) is 0 Å². The molecular formula is C17H22N2O. The van der Waals surface area contributed by atoms with E-state index in [9.17, 15) is 0 Å².